The van der Waals surface area contributed by atoms with Crippen LogP contribution < -0.4 is 0 Å². The molecule has 0 aliphatic carbocycles. The summed E-state index contributed by atoms with van der Waals surface area (Å²) in [4.78, 5) is 4.59. The third-order valence-corrected chi connectivity index (χ3v) is 4.27. The SMILES string of the molecule is OCC1CCCn2c1cnc2CC1CCCOC1. The molecule has 0 saturated carbocycles. The number of aliphatic hydroxyl groups is 1. The molecule has 3 heterocycles. The highest BCUT2D eigenvalue weighted by molar-refractivity contribution is 5.14. The number of fused-ring (bicyclic) bond motifs is 1. The van der Waals surface area contributed by atoms with Gasteiger partial charge in [0, 0.05) is 44.0 Å². The summed E-state index contributed by atoms with van der Waals surface area (Å²) in [5.74, 6) is 2.11. The second-order valence-corrected chi connectivity index (χ2v) is 5.56. The number of hydrogen-bond acceptors (Lipinski definition) is 3. The predicted octanol–water partition coefficient (Wildman–Crippen LogP) is 1.72. The van der Waals surface area contributed by atoms with Gasteiger partial charge < -0.3 is 14.4 Å². The highest BCUT2D eigenvalue weighted by atomic mass is 16.5. The number of nitrogens with zero attached hydrogens (tertiary/aromatic N) is 2. The predicted molar refractivity (Wildman–Crippen MR) is 68.5 cm³/mol. The van der Waals surface area contributed by atoms with Crippen LogP contribution >= 0.6 is 0 Å². The van der Waals surface area contributed by atoms with E-state index in [0.29, 0.717) is 11.8 Å². The molecule has 100 valence electrons. The Kier molecular flexibility index (Phi) is 3.66. The van der Waals surface area contributed by atoms with Crippen molar-refractivity contribution >= 4 is 0 Å². The first kappa shape index (κ1) is 12.2. The van der Waals surface area contributed by atoms with Crippen LogP contribution in [0.4, 0.5) is 0 Å². The average molecular weight is 250 g/mol. The fourth-order valence-corrected chi connectivity index (χ4v) is 3.23. The van der Waals surface area contributed by atoms with E-state index in [4.69, 9.17) is 4.74 Å². The average Bonchev–Trinajstić information content (AvgIpc) is 2.83. The summed E-state index contributed by atoms with van der Waals surface area (Å²) in [6.45, 7) is 3.11. The second-order valence-electron chi connectivity index (χ2n) is 5.56. The smallest absolute Gasteiger partial charge is 0.109 e. The molecule has 2 aliphatic heterocycles. The molecule has 18 heavy (non-hydrogen) atoms. The second kappa shape index (κ2) is 5.41. The van der Waals surface area contributed by atoms with Crippen LogP contribution in [0.5, 0.6) is 0 Å². The van der Waals surface area contributed by atoms with Crippen LogP contribution in [0, 0.1) is 5.92 Å². The highest BCUT2D eigenvalue weighted by Gasteiger charge is 2.24. The zero-order valence-electron chi connectivity index (χ0n) is 10.8. The van der Waals surface area contributed by atoms with Crippen molar-refractivity contribution in [3.05, 3.63) is 17.7 Å². The molecule has 1 N–H and O–H groups in total. The van der Waals surface area contributed by atoms with Crippen molar-refractivity contribution in [2.24, 2.45) is 5.92 Å². The molecular weight excluding hydrogens is 228 g/mol. The first-order valence-electron chi connectivity index (χ1n) is 7.11. The maximum Gasteiger partial charge on any atom is 0.109 e. The lowest BCUT2D eigenvalue weighted by atomic mass is 9.96. The summed E-state index contributed by atoms with van der Waals surface area (Å²) in [6.07, 6.45) is 7.68. The van der Waals surface area contributed by atoms with Crippen molar-refractivity contribution in [3.63, 3.8) is 0 Å². The van der Waals surface area contributed by atoms with E-state index in [-0.39, 0.29) is 6.61 Å². The first-order chi connectivity index (χ1) is 8.88. The van der Waals surface area contributed by atoms with E-state index in [1.54, 1.807) is 0 Å². The van der Waals surface area contributed by atoms with Crippen LogP contribution in [0.2, 0.25) is 0 Å². The van der Waals surface area contributed by atoms with Gasteiger partial charge in [-0.25, -0.2) is 4.98 Å². The third-order valence-electron chi connectivity index (χ3n) is 4.27. The molecule has 1 aromatic heterocycles. The largest absolute Gasteiger partial charge is 0.396 e. The summed E-state index contributed by atoms with van der Waals surface area (Å²) in [5.41, 5.74) is 1.23. The van der Waals surface area contributed by atoms with E-state index >= 15 is 0 Å². The van der Waals surface area contributed by atoms with Gasteiger partial charge in [-0.2, -0.15) is 0 Å². The van der Waals surface area contributed by atoms with Gasteiger partial charge >= 0.3 is 0 Å². The van der Waals surface area contributed by atoms with Crippen LogP contribution in [0.1, 0.15) is 43.1 Å². The summed E-state index contributed by atoms with van der Waals surface area (Å²) in [5, 5.41) is 9.41. The van der Waals surface area contributed by atoms with Crippen molar-refractivity contribution < 1.29 is 9.84 Å². The topological polar surface area (TPSA) is 47.3 Å². The number of imidazole rings is 1. The molecule has 4 heteroatoms. The number of rotatable bonds is 3. The molecule has 2 unspecified atom stereocenters. The summed E-state index contributed by atoms with van der Waals surface area (Å²) in [7, 11) is 0. The van der Waals surface area contributed by atoms with Gasteiger partial charge in [0.1, 0.15) is 5.82 Å². The fraction of sp³-hybridized carbons (Fsp3) is 0.786. The molecule has 1 fully saturated rings. The molecule has 1 saturated heterocycles. The van der Waals surface area contributed by atoms with Crippen molar-refractivity contribution in [2.75, 3.05) is 19.8 Å². The van der Waals surface area contributed by atoms with Gasteiger partial charge in [-0.05, 0) is 31.6 Å². The Bertz CT molecular complexity index is 396. The van der Waals surface area contributed by atoms with Crippen molar-refractivity contribution in [3.8, 4) is 0 Å². The van der Waals surface area contributed by atoms with E-state index in [1.807, 2.05) is 6.20 Å². The Morgan fingerprint density at radius 2 is 2.33 bits per heavy atom. The van der Waals surface area contributed by atoms with Gasteiger partial charge in [-0.3, -0.25) is 0 Å². The molecule has 2 atom stereocenters. The minimum absolute atomic E-state index is 0.248. The molecule has 0 amide bonds. The fourth-order valence-electron chi connectivity index (χ4n) is 3.23. The molecule has 4 nitrogen and oxygen atoms in total. The Balaban J connectivity index is 1.74. The molecular formula is C14H22N2O2. The van der Waals surface area contributed by atoms with Gasteiger partial charge in [-0.15, -0.1) is 0 Å². The third kappa shape index (κ3) is 2.31. The summed E-state index contributed by atoms with van der Waals surface area (Å²) >= 11 is 0. The molecule has 0 radical (unpaired) electrons. The molecule has 0 aromatic carbocycles. The van der Waals surface area contributed by atoms with Gasteiger partial charge in [0.25, 0.3) is 0 Å². The normalized spacial score (nSPS) is 28.1. The van der Waals surface area contributed by atoms with Crippen LogP contribution in [0.3, 0.4) is 0 Å². The van der Waals surface area contributed by atoms with Crippen LogP contribution in [0.25, 0.3) is 0 Å². The molecule has 0 spiro atoms. The first-order valence-corrected chi connectivity index (χ1v) is 7.11. The van der Waals surface area contributed by atoms with E-state index in [9.17, 15) is 5.11 Å². The van der Waals surface area contributed by atoms with Crippen LogP contribution in [0.15, 0.2) is 6.20 Å². The number of hydrogen-bond donors (Lipinski definition) is 1. The highest BCUT2D eigenvalue weighted by Crippen LogP contribution is 2.29. The maximum absolute atomic E-state index is 9.41. The standard InChI is InChI=1S/C14H22N2O2/c17-9-12-4-1-5-16-13(12)8-15-14(16)7-11-3-2-6-18-10-11/h8,11-12,17H,1-7,9-10H2. The van der Waals surface area contributed by atoms with Crippen LogP contribution in [-0.2, 0) is 17.7 Å². The minimum Gasteiger partial charge on any atom is -0.396 e. The molecule has 1 aromatic rings. The zero-order chi connectivity index (χ0) is 12.4. The molecule has 2 aliphatic rings. The monoisotopic (exact) mass is 250 g/mol. The van der Waals surface area contributed by atoms with Crippen molar-refractivity contribution in [1.82, 2.24) is 9.55 Å². The van der Waals surface area contributed by atoms with Crippen molar-refractivity contribution in [1.29, 1.82) is 0 Å². The number of aliphatic hydroxyl groups excluding tert-OH is 1. The molecule has 3 rings (SSSR count). The van der Waals surface area contributed by atoms with Gasteiger partial charge in [0.05, 0.1) is 6.61 Å². The Morgan fingerprint density at radius 3 is 3.11 bits per heavy atom. The minimum atomic E-state index is 0.248. The maximum atomic E-state index is 9.41. The summed E-state index contributed by atoms with van der Waals surface area (Å²) < 4.78 is 7.87. The van der Waals surface area contributed by atoms with Crippen molar-refractivity contribution in [2.45, 2.75) is 44.6 Å². The van der Waals surface area contributed by atoms with E-state index < -0.39 is 0 Å². The quantitative estimate of drug-likeness (QED) is 0.888. The van der Waals surface area contributed by atoms with Gasteiger partial charge in [0.15, 0.2) is 0 Å². The Hall–Kier alpha value is -0.870. The lowest BCUT2D eigenvalue weighted by Gasteiger charge is -2.26. The zero-order valence-corrected chi connectivity index (χ0v) is 10.8. The lowest BCUT2D eigenvalue weighted by Crippen LogP contribution is -2.23. The molecule has 0 bridgehead atoms. The van der Waals surface area contributed by atoms with E-state index in [0.717, 1.165) is 39.0 Å². The number of aromatic nitrogens is 2. The number of ether oxygens (including phenoxy) is 1. The van der Waals surface area contributed by atoms with Crippen LogP contribution in [-0.4, -0.2) is 34.5 Å². The summed E-state index contributed by atoms with van der Waals surface area (Å²) in [6, 6.07) is 0. The van der Waals surface area contributed by atoms with Gasteiger partial charge in [-0.1, -0.05) is 0 Å². The Labute approximate surface area is 108 Å². The van der Waals surface area contributed by atoms with Gasteiger partial charge in [0.2, 0.25) is 0 Å². The lowest BCUT2D eigenvalue weighted by molar-refractivity contribution is 0.0539. The Morgan fingerprint density at radius 1 is 1.39 bits per heavy atom. The van der Waals surface area contributed by atoms with E-state index in [1.165, 1.54) is 24.4 Å². The van der Waals surface area contributed by atoms with E-state index in [2.05, 4.69) is 9.55 Å².